The number of rotatable bonds is 3. The quantitative estimate of drug-likeness (QED) is 0.709. The third-order valence-electron chi connectivity index (χ3n) is 5.26. The molecular weight excluding hydrogens is 336 g/mol. The lowest BCUT2D eigenvalue weighted by atomic mass is 9.93. The van der Waals surface area contributed by atoms with Crippen molar-refractivity contribution >= 4 is 5.82 Å². The van der Waals surface area contributed by atoms with Crippen molar-refractivity contribution in [2.24, 2.45) is 0 Å². The largest absolute Gasteiger partial charge is 0.367 e. The maximum absolute atomic E-state index is 6.19. The summed E-state index contributed by atoms with van der Waals surface area (Å²) in [5.41, 5.74) is 3.92. The fourth-order valence-electron chi connectivity index (χ4n) is 3.57. The molecule has 27 heavy (non-hydrogen) atoms. The fourth-order valence-corrected chi connectivity index (χ4v) is 3.57. The van der Waals surface area contributed by atoms with Gasteiger partial charge < -0.3 is 9.64 Å². The normalized spacial score (nSPS) is 19.9. The SMILES string of the molecule is Cc1nc(-c2ccncc2)nc(N2CCOC(C)(c3ccccc3)C2)c1C. The van der Waals surface area contributed by atoms with E-state index < -0.39 is 0 Å². The van der Waals surface area contributed by atoms with Crippen LogP contribution in [0.4, 0.5) is 5.82 Å². The Bertz CT molecular complexity index is 930. The van der Waals surface area contributed by atoms with Crippen molar-refractivity contribution in [2.45, 2.75) is 26.4 Å². The van der Waals surface area contributed by atoms with E-state index in [0.29, 0.717) is 6.61 Å². The van der Waals surface area contributed by atoms with Crippen LogP contribution in [0.3, 0.4) is 0 Å². The van der Waals surface area contributed by atoms with Crippen LogP contribution >= 0.6 is 0 Å². The van der Waals surface area contributed by atoms with Crippen molar-refractivity contribution in [1.29, 1.82) is 0 Å². The van der Waals surface area contributed by atoms with Crippen molar-refractivity contribution in [3.05, 3.63) is 71.7 Å². The van der Waals surface area contributed by atoms with E-state index in [0.717, 1.165) is 41.6 Å². The molecule has 3 heterocycles. The van der Waals surface area contributed by atoms with Gasteiger partial charge in [-0.3, -0.25) is 4.98 Å². The summed E-state index contributed by atoms with van der Waals surface area (Å²) < 4.78 is 6.19. The zero-order valence-electron chi connectivity index (χ0n) is 16.0. The zero-order valence-corrected chi connectivity index (χ0v) is 16.0. The molecule has 0 aliphatic carbocycles. The van der Waals surface area contributed by atoms with E-state index in [1.807, 2.05) is 25.1 Å². The van der Waals surface area contributed by atoms with E-state index in [-0.39, 0.29) is 5.60 Å². The van der Waals surface area contributed by atoms with Gasteiger partial charge in [0.1, 0.15) is 11.4 Å². The topological polar surface area (TPSA) is 51.1 Å². The van der Waals surface area contributed by atoms with Crippen molar-refractivity contribution < 1.29 is 4.74 Å². The summed E-state index contributed by atoms with van der Waals surface area (Å²) in [7, 11) is 0. The Kier molecular flexibility index (Phi) is 4.62. The van der Waals surface area contributed by atoms with Crippen LogP contribution in [0.5, 0.6) is 0 Å². The highest BCUT2D eigenvalue weighted by molar-refractivity contribution is 5.60. The summed E-state index contributed by atoms with van der Waals surface area (Å²) in [4.78, 5) is 16.0. The highest BCUT2D eigenvalue weighted by Gasteiger charge is 2.35. The van der Waals surface area contributed by atoms with Gasteiger partial charge in [-0.25, -0.2) is 9.97 Å². The van der Waals surface area contributed by atoms with Gasteiger partial charge in [0.15, 0.2) is 5.82 Å². The Labute approximate surface area is 160 Å². The van der Waals surface area contributed by atoms with Gasteiger partial charge in [-0.15, -0.1) is 0 Å². The van der Waals surface area contributed by atoms with Gasteiger partial charge in [-0.1, -0.05) is 30.3 Å². The molecule has 1 aliphatic heterocycles. The second-order valence-corrected chi connectivity index (χ2v) is 7.18. The highest BCUT2D eigenvalue weighted by Crippen LogP contribution is 2.33. The average Bonchev–Trinajstić information content (AvgIpc) is 2.71. The Morgan fingerprint density at radius 2 is 1.74 bits per heavy atom. The fraction of sp³-hybridized carbons (Fsp3) is 0.318. The summed E-state index contributed by atoms with van der Waals surface area (Å²) in [6.07, 6.45) is 3.55. The van der Waals surface area contributed by atoms with E-state index in [1.54, 1.807) is 12.4 Å². The first kappa shape index (κ1) is 17.6. The molecule has 0 N–H and O–H groups in total. The van der Waals surface area contributed by atoms with Gasteiger partial charge in [0.05, 0.1) is 13.2 Å². The lowest BCUT2D eigenvalue weighted by molar-refractivity contribution is -0.0468. The zero-order chi connectivity index (χ0) is 18.9. The van der Waals surface area contributed by atoms with E-state index >= 15 is 0 Å². The smallest absolute Gasteiger partial charge is 0.161 e. The molecule has 0 amide bonds. The van der Waals surface area contributed by atoms with Gasteiger partial charge in [-0.05, 0) is 38.5 Å². The molecule has 4 rings (SSSR count). The molecule has 2 aromatic heterocycles. The molecule has 1 atom stereocenters. The Morgan fingerprint density at radius 1 is 1.00 bits per heavy atom. The predicted molar refractivity (Wildman–Crippen MR) is 107 cm³/mol. The number of morpholine rings is 1. The molecule has 1 aliphatic rings. The second kappa shape index (κ2) is 7.08. The number of benzene rings is 1. The van der Waals surface area contributed by atoms with E-state index in [9.17, 15) is 0 Å². The van der Waals surface area contributed by atoms with Gasteiger partial charge >= 0.3 is 0 Å². The number of aromatic nitrogens is 3. The molecule has 1 aromatic carbocycles. The Morgan fingerprint density at radius 3 is 2.48 bits per heavy atom. The maximum atomic E-state index is 6.19. The van der Waals surface area contributed by atoms with Crippen molar-refractivity contribution in [3.63, 3.8) is 0 Å². The van der Waals surface area contributed by atoms with Gasteiger partial charge in [0, 0.05) is 35.8 Å². The standard InChI is InChI=1S/C22H24N4O/c1-16-17(2)24-20(18-9-11-23-12-10-18)25-21(16)26-13-14-27-22(3,15-26)19-7-5-4-6-8-19/h4-12H,13-15H2,1-3H3. The Hall–Kier alpha value is -2.79. The first-order valence-electron chi connectivity index (χ1n) is 9.27. The van der Waals surface area contributed by atoms with Crippen molar-refractivity contribution in [2.75, 3.05) is 24.6 Å². The molecule has 3 aromatic rings. The average molecular weight is 360 g/mol. The maximum Gasteiger partial charge on any atom is 0.161 e. The second-order valence-electron chi connectivity index (χ2n) is 7.18. The molecule has 5 heteroatoms. The van der Waals surface area contributed by atoms with Gasteiger partial charge in [-0.2, -0.15) is 0 Å². The van der Waals surface area contributed by atoms with Crippen LogP contribution in [-0.4, -0.2) is 34.6 Å². The van der Waals surface area contributed by atoms with Crippen molar-refractivity contribution in [1.82, 2.24) is 15.0 Å². The monoisotopic (exact) mass is 360 g/mol. The molecule has 138 valence electrons. The van der Waals surface area contributed by atoms with Gasteiger partial charge in [0.25, 0.3) is 0 Å². The number of pyridine rings is 1. The number of anilines is 1. The lowest BCUT2D eigenvalue weighted by Crippen LogP contribution is -2.49. The Balaban J connectivity index is 1.71. The van der Waals surface area contributed by atoms with Crippen LogP contribution in [0, 0.1) is 13.8 Å². The lowest BCUT2D eigenvalue weighted by Gasteiger charge is -2.42. The summed E-state index contributed by atoms with van der Waals surface area (Å²) in [6, 6.07) is 14.3. The van der Waals surface area contributed by atoms with E-state index in [2.05, 4.69) is 48.0 Å². The number of hydrogen-bond donors (Lipinski definition) is 0. The first-order valence-corrected chi connectivity index (χ1v) is 9.27. The molecule has 0 saturated carbocycles. The number of aryl methyl sites for hydroxylation is 1. The molecule has 0 bridgehead atoms. The molecule has 5 nitrogen and oxygen atoms in total. The van der Waals surface area contributed by atoms with Crippen LogP contribution in [0.1, 0.15) is 23.7 Å². The van der Waals surface area contributed by atoms with Crippen molar-refractivity contribution in [3.8, 4) is 11.4 Å². The molecule has 1 saturated heterocycles. The highest BCUT2D eigenvalue weighted by atomic mass is 16.5. The van der Waals surface area contributed by atoms with Crippen LogP contribution in [0.15, 0.2) is 54.9 Å². The minimum atomic E-state index is -0.359. The molecule has 0 spiro atoms. The van der Waals surface area contributed by atoms with E-state index in [4.69, 9.17) is 14.7 Å². The van der Waals surface area contributed by atoms with Crippen LogP contribution in [0.25, 0.3) is 11.4 Å². The third-order valence-corrected chi connectivity index (χ3v) is 5.26. The molecule has 1 fully saturated rings. The number of hydrogen-bond acceptors (Lipinski definition) is 5. The summed E-state index contributed by atoms with van der Waals surface area (Å²) >= 11 is 0. The minimum absolute atomic E-state index is 0.359. The van der Waals surface area contributed by atoms with Crippen LogP contribution < -0.4 is 4.90 Å². The number of ether oxygens (including phenoxy) is 1. The van der Waals surface area contributed by atoms with Crippen LogP contribution in [-0.2, 0) is 10.3 Å². The van der Waals surface area contributed by atoms with E-state index in [1.165, 1.54) is 5.56 Å². The predicted octanol–water partition coefficient (Wildman–Crippen LogP) is 3.91. The minimum Gasteiger partial charge on any atom is -0.367 e. The summed E-state index contributed by atoms with van der Waals surface area (Å²) in [5.74, 6) is 1.73. The van der Waals surface area contributed by atoms with Crippen LogP contribution in [0.2, 0.25) is 0 Å². The molecule has 1 unspecified atom stereocenters. The third kappa shape index (κ3) is 3.43. The molecular formula is C22H24N4O. The first-order chi connectivity index (χ1) is 13.1. The number of nitrogens with zero attached hydrogens (tertiary/aromatic N) is 4. The summed E-state index contributed by atoms with van der Waals surface area (Å²) in [5, 5.41) is 0. The molecule has 0 radical (unpaired) electrons. The summed E-state index contributed by atoms with van der Waals surface area (Å²) in [6.45, 7) is 8.53. The van der Waals surface area contributed by atoms with Gasteiger partial charge in [0.2, 0.25) is 0 Å².